The van der Waals surface area contributed by atoms with Crippen LogP contribution < -0.4 is 22.3 Å². The summed E-state index contributed by atoms with van der Waals surface area (Å²) in [6, 6.07) is 7.73. The maximum absolute atomic E-state index is 5.59. The van der Waals surface area contributed by atoms with Gasteiger partial charge in [-0.05, 0) is 24.6 Å². The quantitative estimate of drug-likeness (QED) is 0.342. The zero-order valence-corrected chi connectivity index (χ0v) is 8.01. The van der Waals surface area contributed by atoms with Gasteiger partial charge in [-0.1, -0.05) is 10.9 Å². The molecule has 2 aromatic heterocycles. The molecule has 74 valence electrons. The second kappa shape index (κ2) is 2.79. The summed E-state index contributed by atoms with van der Waals surface area (Å²) in [5.41, 5.74) is 2.22. The highest BCUT2D eigenvalue weighted by molar-refractivity contribution is 5.61. The lowest BCUT2D eigenvalue weighted by atomic mass is 10.2. The Morgan fingerprint density at radius 3 is 2.50 bits per heavy atom. The van der Waals surface area contributed by atoms with Crippen molar-refractivity contribution in [3.63, 3.8) is 0 Å². The molecule has 0 saturated carbocycles. The van der Waals surface area contributed by atoms with E-state index in [1.807, 2.05) is 41.8 Å². The van der Waals surface area contributed by atoms with Gasteiger partial charge in [0, 0.05) is 12.3 Å². The summed E-state index contributed by atoms with van der Waals surface area (Å²) in [7, 11) is 0. The van der Waals surface area contributed by atoms with Gasteiger partial charge in [0.1, 0.15) is 0 Å². The minimum Gasteiger partial charge on any atom is -0.268 e. The van der Waals surface area contributed by atoms with Crippen LogP contribution in [0.15, 0.2) is 30.5 Å². The van der Waals surface area contributed by atoms with Gasteiger partial charge in [0.2, 0.25) is 0 Å². The average molecular weight is 192 g/mol. The maximum atomic E-state index is 5.59. The van der Waals surface area contributed by atoms with Crippen LogP contribution in [0.25, 0.3) is 5.52 Å². The van der Waals surface area contributed by atoms with E-state index in [9.17, 15) is 0 Å². The molecule has 0 atom stereocenters. The van der Waals surface area contributed by atoms with Crippen molar-refractivity contribution in [2.75, 3.05) is 0 Å². The molecule has 0 saturated heterocycles. The molecular weight excluding hydrogens is 178 g/mol. The Balaban J connectivity index is 2.76. The molecule has 0 unspecified atom stereocenters. The summed E-state index contributed by atoms with van der Waals surface area (Å²) in [6.45, 7) is 2.03. The summed E-state index contributed by atoms with van der Waals surface area (Å²) in [4.78, 5) is -0.655. The fourth-order valence-corrected chi connectivity index (χ4v) is 1.59. The zero-order chi connectivity index (χ0) is 10.3. The number of fused-ring (bicyclic) bond motifs is 1. The first-order valence-electron chi connectivity index (χ1n) is 4.32. The molecule has 6 N–H and O–H groups in total. The van der Waals surface area contributed by atoms with Crippen molar-refractivity contribution in [2.45, 2.75) is 6.92 Å². The van der Waals surface area contributed by atoms with Crippen LogP contribution in [0.4, 0.5) is 5.82 Å². The van der Waals surface area contributed by atoms with Gasteiger partial charge in [0.15, 0.2) is 0 Å². The smallest absolute Gasteiger partial charge is 0.268 e. The number of hydrogen-bond donors (Lipinski definition) is 3. The van der Waals surface area contributed by atoms with E-state index < -0.39 is 4.81 Å². The van der Waals surface area contributed by atoms with Crippen LogP contribution in [0.2, 0.25) is 0 Å². The third kappa shape index (κ3) is 1.28. The van der Waals surface area contributed by atoms with Crippen LogP contribution in [-0.4, -0.2) is 4.40 Å². The van der Waals surface area contributed by atoms with Crippen LogP contribution in [0.5, 0.6) is 0 Å². The number of pyridine rings is 1. The molecule has 0 aliphatic heterocycles. The van der Waals surface area contributed by atoms with Gasteiger partial charge >= 0.3 is 0 Å². The largest absolute Gasteiger partial charge is 0.271 e. The highest BCUT2D eigenvalue weighted by Gasteiger charge is 2.20. The number of nitrogens with two attached hydrogens (primary N) is 3. The maximum Gasteiger partial charge on any atom is 0.271 e. The summed E-state index contributed by atoms with van der Waals surface area (Å²) < 4.78 is 1.88. The predicted molar refractivity (Wildman–Crippen MR) is 56.5 cm³/mol. The van der Waals surface area contributed by atoms with Crippen LogP contribution in [0.1, 0.15) is 5.56 Å². The van der Waals surface area contributed by atoms with Crippen molar-refractivity contribution in [2.24, 2.45) is 17.5 Å². The van der Waals surface area contributed by atoms with E-state index in [0.29, 0.717) is 5.82 Å². The monoisotopic (exact) mass is 192 g/mol. The Kier molecular flexibility index (Phi) is 1.83. The molecule has 0 fully saturated rings. The summed E-state index contributed by atoms with van der Waals surface area (Å²) in [5, 5.41) is 0. The van der Waals surface area contributed by atoms with E-state index in [1.165, 1.54) is 0 Å². The summed E-state index contributed by atoms with van der Waals surface area (Å²) in [5.74, 6) is 17.4. The first-order chi connectivity index (χ1) is 6.50. The number of nitrogens with zero attached hydrogens (tertiary/aromatic N) is 2. The van der Waals surface area contributed by atoms with Crippen LogP contribution in [0, 0.1) is 6.92 Å². The SMILES string of the molecule is Cc1cccn2c([N+](N)(N)N)ccc12. The van der Waals surface area contributed by atoms with Gasteiger partial charge < -0.3 is 0 Å². The Morgan fingerprint density at radius 2 is 1.86 bits per heavy atom. The van der Waals surface area contributed by atoms with Crippen LogP contribution in [-0.2, 0) is 0 Å². The lowest BCUT2D eigenvalue weighted by Crippen LogP contribution is -2.68. The Hall–Kier alpha value is -1.40. The highest BCUT2D eigenvalue weighted by atomic mass is 15.9. The second-order valence-corrected chi connectivity index (χ2v) is 3.47. The molecule has 0 spiro atoms. The molecule has 0 aromatic carbocycles. The first-order valence-corrected chi connectivity index (χ1v) is 4.32. The fourth-order valence-electron chi connectivity index (χ4n) is 1.59. The Morgan fingerprint density at radius 1 is 1.14 bits per heavy atom. The lowest BCUT2D eigenvalue weighted by molar-refractivity contribution is 0.292. The lowest BCUT2D eigenvalue weighted by Gasteiger charge is -2.17. The number of quaternary nitrogens is 1. The van der Waals surface area contributed by atoms with E-state index >= 15 is 0 Å². The Bertz CT molecular complexity index is 465. The van der Waals surface area contributed by atoms with Crippen molar-refractivity contribution < 1.29 is 0 Å². The average Bonchev–Trinajstić information content (AvgIpc) is 2.47. The molecule has 2 rings (SSSR count). The molecule has 0 aliphatic rings. The van der Waals surface area contributed by atoms with Crippen molar-refractivity contribution in [1.82, 2.24) is 9.21 Å². The molecule has 0 aliphatic carbocycles. The predicted octanol–water partition coefficient (Wildman–Crippen LogP) is 0.176. The highest BCUT2D eigenvalue weighted by Crippen LogP contribution is 2.19. The third-order valence-electron chi connectivity index (χ3n) is 2.28. The van der Waals surface area contributed by atoms with E-state index in [1.54, 1.807) is 0 Å². The van der Waals surface area contributed by atoms with Gasteiger partial charge in [-0.15, -0.1) is 17.5 Å². The molecule has 5 heteroatoms. The van der Waals surface area contributed by atoms with Gasteiger partial charge in [-0.2, -0.15) is 0 Å². The van der Waals surface area contributed by atoms with Crippen LogP contribution >= 0.6 is 0 Å². The Labute approximate surface area is 81.8 Å². The van der Waals surface area contributed by atoms with Gasteiger partial charge in [-0.3, -0.25) is 4.40 Å². The minimum atomic E-state index is -0.655. The molecule has 14 heavy (non-hydrogen) atoms. The molecule has 0 radical (unpaired) electrons. The summed E-state index contributed by atoms with van der Waals surface area (Å²) >= 11 is 0. The molecular formula is C9H14N5+. The fraction of sp³-hybridized carbons (Fsp3) is 0.111. The van der Waals surface area contributed by atoms with E-state index in [-0.39, 0.29) is 0 Å². The van der Waals surface area contributed by atoms with E-state index in [4.69, 9.17) is 17.5 Å². The normalized spacial score (nSPS) is 12.3. The van der Waals surface area contributed by atoms with Gasteiger partial charge in [-0.25, -0.2) is 0 Å². The molecule has 5 nitrogen and oxygen atoms in total. The number of aromatic nitrogens is 1. The topological polar surface area (TPSA) is 82.5 Å². The van der Waals surface area contributed by atoms with Gasteiger partial charge in [0.05, 0.1) is 5.52 Å². The van der Waals surface area contributed by atoms with E-state index in [2.05, 4.69) is 0 Å². The zero-order valence-electron chi connectivity index (χ0n) is 8.01. The van der Waals surface area contributed by atoms with Crippen LogP contribution in [0.3, 0.4) is 0 Å². The number of rotatable bonds is 1. The standard InChI is InChI=1S/C9H14N5/c1-7-3-2-6-13-8(7)4-5-9(13)14(10,11)12/h2-6H,10-12H2,1H3/q+1. The summed E-state index contributed by atoms with van der Waals surface area (Å²) in [6.07, 6.45) is 1.89. The van der Waals surface area contributed by atoms with Gasteiger partial charge in [0.25, 0.3) is 5.82 Å². The molecule has 2 heterocycles. The molecule has 2 aromatic rings. The number of hydrogen-bond acceptors (Lipinski definition) is 3. The first kappa shape index (κ1) is 9.17. The van der Waals surface area contributed by atoms with Crippen molar-refractivity contribution in [1.29, 1.82) is 0 Å². The van der Waals surface area contributed by atoms with E-state index in [0.717, 1.165) is 11.1 Å². The van der Waals surface area contributed by atoms with Crippen molar-refractivity contribution in [3.05, 3.63) is 36.0 Å². The third-order valence-corrected chi connectivity index (χ3v) is 2.28. The molecule has 0 amide bonds. The van der Waals surface area contributed by atoms with Crippen molar-refractivity contribution in [3.8, 4) is 0 Å². The van der Waals surface area contributed by atoms with Crippen molar-refractivity contribution >= 4 is 11.3 Å². The number of aryl methyl sites for hydroxylation is 1. The molecule has 0 bridgehead atoms. The minimum absolute atomic E-state index is 0.642. The second-order valence-electron chi connectivity index (χ2n) is 3.47.